The average Bonchev–Trinajstić information content (AvgIpc) is 3.19. The van der Waals surface area contributed by atoms with E-state index in [1.165, 1.54) is 59.2 Å². The lowest BCUT2D eigenvalue weighted by atomic mass is 9.41. The largest absolute Gasteiger partial charge is 0.397 e. The van der Waals surface area contributed by atoms with E-state index in [9.17, 15) is 9.36 Å². The first-order valence-corrected chi connectivity index (χ1v) is 16.0. The van der Waals surface area contributed by atoms with Gasteiger partial charge in [0.05, 0.1) is 5.41 Å². The first-order valence-electron chi connectivity index (χ1n) is 14.4. The van der Waals surface area contributed by atoms with E-state index < -0.39 is 13.0 Å². The predicted octanol–water partition coefficient (Wildman–Crippen LogP) is 8.66. The lowest BCUT2D eigenvalue weighted by Gasteiger charge is -2.63. The minimum Gasteiger partial charge on any atom is -0.307 e. The van der Waals surface area contributed by atoms with Crippen LogP contribution in [-0.4, -0.2) is 19.7 Å². The molecule has 3 saturated carbocycles. The van der Waals surface area contributed by atoms with E-state index >= 15 is 0 Å². The van der Waals surface area contributed by atoms with Crippen molar-refractivity contribution < 1.29 is 18.4 Å². The quantitative estimate of drug-likeness (QED) is 0.232. The van der Waals surface area contributed by atoms with Crippen molar-refractivity contribution in [3.63, 3.8) is 0 Å². The Hall–Kier alpha value is -0.440. The van der Waals surface area contributed by atoms with Gasteiger partial charge in [0.1, 0.15) is 0 Å². The molecule has 1 unspecified atom stereocenters. The van der Waals surface area contributed by atoms with Crippen molar-refractivity contribution >= 4 is 13.1 Å². The Morgan fingerprint density at radius 1 is 0.971 bits per heavy atom. The van der Waals surface area contributed by atoms with E-state index in [-0.39, 0.29) is 10.9 Å². The zero-order valence-corrected chi connectivity index (χ0v) is 24.4. The fourth-order valence-corrected chi connectivity index (χ4v) is 11.2. The summed E-state index contributed by atoms with van der Waals surface area (Å²) in [6.45, 7) is 12.2. The SMILES string of the molecule is COP(=O)(OC)C(=O)C12C=CCC[C@]1(C)[C@H]1CC[C@]3(C)[C@@H]([C@H](C)CCCC(C)C)CC[C@H]3[C@@H]1CC2. The van der Waals surface area contributed by atoms with Crippen LogP contribution in [0.4, 0.5) is 0 Å². The maximum Gasteiger partial charge on any atom is 0.397 e. The summed E-state index contributed by atoms with van der Waals surface area (Å²) in [5.74, 6) is 4.35. The smallest absolute Gasteiger partial charge is 0.307 e. The van der Waals surface area contributed by atoms with Crippen LogP contribution in [0, 0.1) is 51.8 Å². The number of hydrogen-bond acceptors (Lipinski definition) is 4. The summed E-state index contributed by atoms with van der Waals surface area (Å²) in [4.78, 5) is 13.9. The van der Waals surface area contributed by atoms with Crippen molar-refractivity contribution in [2.45, 2.75) is 105 Å². The second kappa shape index (κ2) is 10.0. The highest BCUT2D eigenvalue weighted by Crippen LogP contribution is 2.73. The molecule has 200 valence electrons. The summed E-state index contributed by atoms with van der Waals surface area (Å²) < 4.78 is 23.9. The van der Waals surface area contributed by atoms with Gasteiger partial charge in [0.25, 0.3) is 5.52 Å². The Balaban J connectivity index is 1.59. The molecule has 0 amide bonds. The van der Waals surface area contributed by atoms with Crippen LogP contribution >= 0.6 is 7.60 Å². The maximum absolute atomic E-state index is 13.9. The molecule has 0 aromatic rings. The number of hydrogen-bond donors (Lipinski definition) is 0. The molecular weight excluding hydrogens is 455 g/mol. The Labute approximate surface area is 214 Å². The molecule has 0 bridgehead atoms. The first kappa shape index (κ1) is 27.6. The first-order chi connectivity index (χ1) is 16.5. The Bertz CT molecular complexity index is 858. The molecular formula is C30H51O4P. The minimum absolute atomic E-state index is 0.184. The lowest BCUT2D eigenvalue weighted by molar-refractivity contribution is -0.153. The maximum atomic E-state index is 13.9. The van der Waals surface area contributed by atoms with E-state index in [0.29, 0.717) is 17.3 Å². The highest BCUT2D eigenvalue weighted by Gasteiger charge is 2.67. The zero-order chi connectivity index (χ0) is 25.6. The molecule has 0 aliphatic heterocycles. The van der Waals surface area contributed by atoms with Gasteiger partial charge in [-0.15, -0.1) is 0 Å². The second-order valence-corrected chi connectivity index (χ2v) is 15.6. The van der Waals surface area contributed by atoms with Crippen LogP contribution in [-0.2, 0) is 18.4 Å². The van der Waals surface area contributed by atoms with Gasteiger partial charge in [-0.05, 0) is 97.7 Å². The molecule has 4 nitrogen and oxygen atoms in total. The van der Waals surface area contributed by atoms with Crippen molar-refractivity contribution in [3.05, 3.63) is 12.2 Å². The zero-order valence-electron chi connectivity index (χ0n) is 23.5. The Morgan fingerprint density at radius 3 is 2.34 bits per heavy atom. The van der Waals surface area contributed by atoms with Crippen molar-refractivity contribution in [2.24, 2.45) is 51.8 Å². The minimum atomic E-state index is -3.80. The third-order valence-electron chi connectivity index (χ3n) is 11.7. The highest BCUT2D eigenvalue weighted by atomic mass is 31.2. The molecule has 4 rings (SSSR count). The third-order valence-corrected chi connectivity index (χ3v) is 13.5. The van der Waals surface area contributed by atoms with Gasteiger partial charge in [-0.25, -0.2) is 0 Å². The molecule has 4 aliphatic carbocycles. The Kier molecular flexibility index (Phi) is 7.91. The van der Waals surface area contributed by atoms with E-state index in [1.54, 1.807) is 0 Å². The van der Waals surface area contributed by atoms with Gasteiger partial charge in [-0.1, -0.05) is 66.0 Å². The molecule has 3 fully saturated rings. The summed E-state index contributed by atoms with van der Waals surface area (Å²) in [5.41, 5.74) is -0.790. The molecule has 5 heteroatoms. The molecule has 4 aliphatic rings. The van der Waals surface area contributed by atoms with Crippen LogP contribution in [0.25, 0.3) is 0 Å². The number of rotatable bonds is 9. The van der Waals surface area contributed by atoms with Gasteiger partial charge in [0.15, 0.2) is 0 Å². The molecule has 0 N–H and O–H groups in total. The molecule has 0 radical (unpaired) electrons. The normalized spacial score (nSPS) is 41.8. The molecule has 0 aromatic heterocycles. The van der Waals surface area contributed by atoms with Crippen LogP contribution in [0.15, 0.2) is 12.2 Å². The van der Waals surface area contributed by atoms with Crippen LogP contribution in [0.5, 0.6) is 0 Å². The van der Waals surface area contributed by atoms with Crippen LogP contribution in [0.2, 0.25) is 0 Å². The van der Waals surface area contributed by atoms with Gasteiger partial charge in [0.2, 0.25) is 0 Å². The summed E-state index contributed by atoms with van der Waals surface area (Å²) in [7, 11) is -1.10. The predicted molar refractivity (Wildman–Crippen MR) is 143 cm³/mol. The number of carbonyl (C=O) groups is 1. The van der Waals surface area contributed by atoms with E-state index in [4.69, 9.17) is 9.05 Å². The summed E-state index contributed by atoms with van der Waals surface area (Å²) in [6, 6.07) is 0. The van der Waals surface area contributed by atoms with Gasteiger partial charge in [0, 0.05) is 14.2 Å². The Morgan fingerprint density at radius 2 is 1.69 bits per heavy atom. The van der Waals surface area contributed by atoms with Crippen LogP contribution < -0.4 is 0 Å². The van der Waals surface area contributed by atoms with Gasteiger partial charge in [-0.2, -0.15) is 0 Å². The van der Waals surface area contributed by atoms with Crippen molar-refractivity contribution in [1.82, 2.24) is 0 Å². The third kappa shape index (κ3) is 4.26. The van der Waals surface area contributed by atoms with Crippen LogP contribution in [0.3, 0.4) is 0 Å². The average molecular weight is 507 g/mol. The number of fused-ring (bicyclic) bond motifs is 5. The topological polar surface area (TPSA) is 52.6 Å². The van der Waals surface area contributed by atoms with Crippen molar-refractivity contribution in [2.75, 3.05) is 14.2 Å². The summed E-state index contributed by atoms with van der Waals surface area (Å²) in [6.07, 6.45) is 17.3. The second-order valence-electron chi connectivity index (χ2n) is 13.4. The number of carbonyl (C=O) groups excluding carboxylic acids is 1. The van der Waals surface area contributed by atoms with Crippen LogP contribution in [0.1, 0.15) is 105 Å². The van der Waals surface area contributed by atoms with Crippen molar-refractivity contribution in [3.8, 4) is 0 Å². The van der Waals surface area contributed by atoms with Crippen molar-refractivity contribution in [1.29, 1.82) is 0 Å². The summed E-state index contributed by atoms with van der Waals surface area (Å²) in [5, 5.41) is 0. The fraction of sp³-hybridized carbons (Fsp3) is 0.900. The molecule has 0 spiro atoms. The monoisotopic (exact) mass is 506 g/mol. The fourth-order valence-electron chi connectivity index (χ4n) is 9.77. The van der Waals surface area contributed by atoms with Gasteiger partial charge < -0.3 is 9.05 Å². The van der Waals surface area contributed by atoms with E-state index in [0.717, 1.165) is 49.4 Å². The summed E-state index contributed by atoms with van der Waals surface area (Å²) >= 11 is 0. The molecule has 0 aromatic carbocycles. The van der Waals surface area contributed by atoms with Gasteiger partial charge >= 0.3 is 7.60 Å². The van der Waals surface area contributed by atoms with E-state index in [1.807, 2.05) is 0 Å². The highest BCUT2D eigenvalue weighted by molar-refractivity contribution is 7.72. The number of allylic oxidation sites excluding steroid dienone is 2. The molecule has 0 saturated heterocycles. The lowest BCUT2D eigenvalue weighted by Crippen LogP contribution is -2.59. The molecule has 35 heavy (non-hydrogen) atoms. The molecule has 0 heterocycles. The standard InChI is InChI=1S/C30H51O4P/c1-21(2)11-10-12-22(3)24-13-14-25-23-15-20-30(27(31)35(32,33-6)34-7)18-9-8-17-29(30,5)26(23)16-19-28(24,25)4/h9,18,21-26H,8,10-17,19-20H2,1-7H3/t22-,23+,24-,25+,26+,28-,29-,30?/m1/s1. The van der Waals surface area contributed by atoms with E-state index in [2.05, 4.69) is 46.8 Å². The van der Waals surface area contributed by atoms with Gasteiger partial charge in [-0.3, -0.25) is 9.36 Å². The molecule has 8 atom stereocenters.